The molecule has 2 aliphatic carbocycles. The van der Waals surface area contributed by atoms with Gasteiger partial charge in [-0.1, -0.05) is 41.7 Å². The van der Waals surface area contributed by atoms with Crippen LogP contribution < -0.4 is 5.32 Å². The minimum absolute atomic E-state index is 0.0589. The topological polar surface area (TPSA) is 81.2 Å². The summed E-state index contributed by atoms with van der Waals surface area (Å²) >= 11 is 2.96. The zero-order chi connectivity index (χ0) is 19.5. The third-order valence-corrected chi connectivity index (χ3v) is 7.77. The molecule has 0 unspecified atom stereocenters. The van der Waals surface area contributed by atoms with Gasteiger partial charge in [-0.3, -0.25) is 4.79 Å². The summed E-state index contributed by atoms with van der Waals surface area (Å²) in [5.41, 5.74) is 1.61. The molecule has 2 aromatic rings. The van der Waals surface area contributed by atoms with Crippen LogP contribution in [0.4, 0.5) is 5.13 Å². The number of amides is 1. The van der Waals surface area contributed by atoms with Crippen LogP contribution in [-0.2, 0) is 15.3 Å². The van der Waals surface area contributed by atoms with Gasteiger partial charge in [-0.15, -0.1) is 10.2 Å². The highest BCUT2D eigenvalue weighted by Crippen LogP contribution is 2.49. The number of hydrogen-bond acceptors (Lipinski definition) is 7. The second-order valence-corrected chi connectivity index (χ2v) is 9.74. The fourth-order valence-corrected chi connectivity index (χ4v) is 6.08. The minimum atomic E-state index is -0.339. The van der Waals surface area contributed by atoms with Gasteiger partial charge in [0, 0.05) is 12.2 Å². The van der Waals surface area contributed by atoms with Crippen molar-refractivity contribution in [1.82, 2.24) is 10.2 Å². The number of hydrogen-bond donors (Lipinski definition) is 1. The largest absolute Gasteiger partial charge is 0.465 e. The third-order valence-electron chi connectivity index (χ3n) is 5.72. The number of nitrogens with zero attached hydrogens (tertiary/aromatic N) is 2. The van der Waals surface area contributed by atoms with E-state index in [4.69, 9.17) is 4.74 Å². The molecule has 4 rings (SSSR count). The van der Waals surface area contributed by atoms with Crippen LogP contribution in [0.2, 0.25) is 0 Å². The first-order chi connectivity index (χ1) is 13.6. The molecule has 2 bridgehead atoms. The lowest BCUT2D eigenvalue weighted by Crippen LogP contribution is -2.20. The Morgan fingerprint density at radius 3 is 2.71 bits per heavy atom. The Bertz CT molecular complexity index is 853. The average Bonchev–Trinajstić information content (AvgIpc) is 3.43. The van der Waals surface area contributed by atoms with Crippen molar-refractivity contribution in [3.8, 4) is 0 Å². The first-order valence-corrected chi connectivity index (χ1v) is 11.3. The second-order valence-electron chi connectivity index (χ2n) is 7.54. The molecular formula is C20H23N3O3S2. The number of aromatic nitrogens is 2. The zero-order valence-electron chi connectivity index (χ0n) is 15.7. The van der Waals surface area contributed by atoms with Crippen LogP contribution in [0.15, 0.2) is 28.6 Å². The molecule has 0 saturated heterocycles. The van der Waals surface area contributed by atoms with Crippen LogP contribution in [-0.4, -0.2) is 29.2 Å². The van der Waals surface area contributed by atoms with Crippen LogP contribution in [0, 0.1) is 17.8 Å². The van der Waals surface area contributed by atoms with Gasteiger partial charge in [-0.05, 0) is 54.7 Å². The Labute approximate surface area is 172 Å². The summed E-state index contributed by atoms with van der Waals surface area (Å²) in [5.74, 6) is 2.59. The number of ether oxygens (including phenoxy) is 1. The summed E-state index contributed by atoms with van der Waals surface area (Å²) < 4.78 is 5.51. The van der Waals surface area contributed by atoms with Crippen LogP contribution in [0.1, 0.15) is 48.0 Å². The van der Waals surface area contributed by atoms with Crippen LogP contribution >= 0.6 is 23.1 Å². The summed E-state index contributed by atoms with van der Waals surface area (Å²) in [6.07, 6.45) is 5.78. The van der Waals surface area contributed by atoms with E-state index in [-0.39, 0.29) is 11.9 Å². The van der Waals surface area contributed by atoms with E-state index >= 15 is 0 Å². The molecule has 2 aliphatic rings. The lowest BCUT2D eigenvalue weighted by atomic mass is 9.86. The lowest BCUT2D eigenvalue weighted by molar-refractivity contribution is -0.117. The number of carbonyl (C=O) groups is 2. The summed E-state index contributed by atoms with van der Waals surface area (Å²) in [6.45, 7) is 0. The standard InChI is InChI=1S/C20H23N3O3S2/c1-26-18(25)14-5-2-12(3-6-14)11-27-20-23-22-19(28-20)21-17(24)10-16-9-13-4-7-15(16)8-13/h2-3,5-6,13,15-16H,4,7-11H2,1H3,(H,21,22,24)/t13-,15+,16+/m0/s1. The van der Waals surface area contributed by atoms with E-state index in [0.717, 1.165) is 27.5 Å². The maximum Gasteiger partial charge on any atom is 0.337 e. The minimum Gasteiger partial charge on any atom is -0.465 e. The first kappa shape index (κ1) is 19.4. The highest BCUT2D eigenvalue weighted by molar-refractivity contribution is 8.00. The molecule has 1 N–H and O–H groups in total. The summed E-state index contributed by atoms with van der Waals surface area (Å²) in [4.78, 5) is 23.8. The molecule has 28 heavy (non-hydrogen) atoms. The Kier molecular flexibility index (Phi) is 5.96. The van der Waals surface area contributed by atoms with E-state index in [2.05, 4.69) is 15.5 Å². The molecule has 6 nitrogen and oxygen atoms in total. The normalized spacial score (nSPS) is 23.0. The highest BCUT2D eigenvalue weighted by Gasteiger charge is 2.40. The molecule has 8 heteroatoms. The van der Waals surface area contributed by atoms with Crippen molar-refractivity contribution in [2.75, 3.05) is 12.4 Å². The Morgan fingerprint density at radius 2 is 2.04 bits per heavy atom. The molecule has 1 heterocycles. The van der Waals surface area contributed by atoms with E-state index in [9.17, 15) is 9.59 Å². The smallest absolute Gasteiger partial charge is 0.337 e. The number of rotatable bonds is 7. The predicted molar refractivity (Wildman–Crippen MR) is 109 cm³/mol. The molecule has 0 radical (unpaired) electrons. The van der Waals surface area contributed by atoms with Crippen molar-refractivity contribution < 1.29 is 14.3 Å². The number of carbonyl (C=O) groups excluding carboxylic acids is 2. The monoisotopic (exact) mass is 417 g/mol. The Morgan fingerprint density at radius 1 is 1.21 bits per heavy atom. The molecule has 2 saturated carbocycles. The molecule has 1 amide bonds. The van der Waals surface area contributed by atoms with Crippen molar-refractivity contribution in [1.29, 1.82) is 0 Å². The summed E-state index contributed by atoms with van der Waals surface area (Å²) in [6, 6.07) is 7.31. The molecule has 148 valence electrons. The van der Waals surface area contributed by atoms with E-state index in [1.165, 1.54) is 44.1 Å². The van der Waals surface area contributed by atoms with Crippen molar-refractivity contribution in [3.05, 3.63) is 35.4 Å². The van der Waals surface area contributed by atoms with E-state index in [1.807, 2.05) is 12.1 Å². The maximum atomic E-state index is 12.3. The van der Waals surface area contributed by atoms with Crippen molar-refractivity contribution in [3.63, 3.8) is 0 Å². The van der Waals surface area contributed by atoms with E-state index in [1.54, 1.807) is 23.9 Å². The number of thioether (sulfide) groups is 1. The van der Waals surface area contributed by atoms with Gasteiger partial charge in [0.15, 0.2) is 4.34 Å². The van der Waals surface area contributed by atoms with Gasteiger partial charge in [-0.2, -0.15) is 0 Å². The number of fused-ring (bicyclic) bond motifs is 2. The molecule has 0 spiro atoms. The van der Waals surface area contributed by atoms with Gasteiger partial charge in [0.25, 0.3) is 0 Å². The van der Waals surface area contributed by atoms with Gasteiger partial charge in [-0.25, -0.2) is 4.79 Å². The number of methoxy groups -OCH3 is 1. The fraction of sp³-hybridized carbons (Fsp3) is 0.500. The van der Waals surface area contributed by atoms with Gasteiger partial charge in [0.05, 0.1) is 12.7 Å². The number of esters is 1. The lowest BCUT2D eigenvalue weighted by Gasteiger charge is -2.20. The van der Waals surface area contributed by atoms with E-state index < -0.39 is 0 Å². The average molecular weight is 418 g/mol. The van der Waals surface area contributed by atoms with Gasteiger partial charge in [0.1, 0.15) is 0 Å². The predicted octanol–water partition coefficient (Wildman–Crippen LogP) is 4.38. The van der Waals surface area contributed by atoms with Crippen LogP contribution in [0.5, 0.6) is 0 Å². The van der Waals surface area contributed by atoms with Crippen LogP contribution in [0.3, 0.4) is 0 Å². The molecular weight excluding hydrogens is 394 g/mol. The molecule has 1 aromatic heterocycles. The molecule has 1 aromatic carbocycles. The van der Waals surface area contributed by atoms with Gasteiger partial charge in [0.2, 0.25) is 11.0 Å². The first-order valence-electron chi connectivity index (χ1n) is 9.54. The fourth-order valence-electron chi connectivity index (χ4n) is 4.35. The van der Waals surface area contributed by atoms with E-state index in [0.29, 0.717) is 23.0 Å². The number of nitrogens with one attached hydrogen (secondary N) is 1. The van der Waals surface area contributed by atoms with Crippen molar-refractivity contribution in [2.24, 2.45) is 17.8 Å². The molecule has 0 aliphatic heterocycles. The third kappa shape index (κ3) is 4.55. The Hall–Kier alpha value is -1.93. The number of anilines is 1. The summed E-state index contributed by atoms with van der Waals surface area (Å²) in [5, 5.41) is 11.7. The van der Waals surface area contributed by atoms with Crippen molar-refractivity contribution in [2.45, 2.75) is 42.2 Å². The molecule has 2 fully saturated rings. The SMILES string of the molecule is COC(=O)c1ccc(CSc2nnc(NC(=O)C[C@H]3C[C@H]4CC[C@@H]3C4)s2)cc1. The summed E-state index contributed by atoms with van der Waals surface area (Å²) in [7, 11) is 1.37. The maximum absolute atomic E-state index is 12.3. The van der Waals surface area contributed by atoms with Gasteiger partial charge >= 0.3 is 5.97 Å². The zero-order valence-corrected chi connectivity index (χ0v) is 17.4. The van der Waals surface area contributed by atoms with Crippen molar-refractivity contribution >= 4 is 40.1 Å². The van der Waals surface area contributed by atoms with Crippen LogP contribution in [0.25, 0.3) is 0 Å². The highest BCUT2D eigenvalue weighted by atomic mass is 32.2. The second kappa shape index (κ2) is 8.61. The molecule has 3 atom stereocenters. The van der Waals surface area contributed by atoms with Gasteiger partial charge < -0.3 is 10.1 Å². The number of benzene rings is 1. The quantitative estimate of drug-likeness (QED) is 0.409. The Balaban J connectivity index is 1.25.